The first-order valence-electron chi connectivity index (χ1n) is 4.76. The normalized spacial score (nSPS) is 20.7. The molecule has 0 saturated carbocycles. The molecule has 0 aromatic carbocycles. The van der Waals surface area contributed by atoms with Crippen molar-refractivity contribution in [1.82, 2.24) is 10.2 Å². The van der Waals surface area contributed by atoms with Crippen molar-refractivity contribution in [3.05, 3.63) is 11.6 Å². The van der Waals surface area contributed by atoms with Gasteiger partial charge in [-0.2, -0.15) is 0 Å². The van der Waals surface area contributed by atoms with Gasteiger partial charge in [0.1, 0.15) is 0 Å². The Balaban J connectivity index is 2.53. The third-order valence-electron chi connectivity index (χ3n) is 2.54. The molecular weight excluding hydrogens is 164 g/mol. The monoisotopic (exact) mass is 182 g/mol. The Morgan fingerprint density at radius 2 is 2.38 bits per heavy atom. The van der Waals surface area contributed by atoms with E-state index in [4.69, 9.17) is 0 Å². The fourth-order valence-corrected chi connectivity index (χ4v) is 1.65. The van der Waals surface area contributed by atoms with Crippen molar-refractivity contribution in [2.45, 2.75) is 26.3 Å². The minimum absolute atomic E-state index is 0.00588. The van der Waals surface area contributed by atoms with E-state index in [1.807, 2.05) is 6.92 Å². The molecule has 13 heavy (non-hydrogen) atoms. The molecule has 1 atom stereocenters. The zero-order valence-electron chi connectivity index (χ0n) is 8.63. The van der Waals surface area contributed by atoms with Crippen LogP contribution in [-0.2, 0) is 4.79 Å². The second kappa shape index (κ2) is 4.42. The van der Waals surface area contributed by atoms with Gasteiger partial charge in [-0.05, 0) is 20.3 Å². The van der Waals surface area contributed by atoms with Gasteiger partial charge in [0, 0.05) is 20.1 Å². The van der Waals surface area contributed by atoms with Gasteiger partial charge in [0.05, 0.1) is 6.04 Å². The van der Waals surface area contributed by atoms with E-state index < -0.39 is 0 Å². The molecule has 1 rings (SSSR count). The van der Waals surface area contributed by atoms with Crippen LogP contribution < -0.4 is 5.32 Å². The Bertz CT molecular complexity index is 223. The summed E-state index contributed by atoms with van der Waals surface area (Å²) in [6.07, 6.45) is 3.31. The summed E-state index contributed by atoms with van der Waals surface area (Å²) in [4.78, 5) is 13.5. The number of hydrogen-bond donors (Lipinski definition) is 1. The van der Waals surface area contributed by atoms with E-state index in [1.165, 1.54) is 5.57 Å². The van der Waals surface area contributed by atoms with Crippen LogP contribution in [0.1, 0.15) is 20.3 Å². The zero-order valence-corrected chi connectivity index (χ0v) is 8.63. The standard InChI is InChI=1S/C10H18N2O/c1-8-5-4-6-12(7-8)9(2)10(13)11-3/h5,9H,4,6-7H2,1-3H3,(H,11,13). The van der Waals surface area contributed by atoms with Crippen LogP contribution in [0.2, 0.25) is 0 Å². The highest BCUT2D eigenvalue weighted by Gasteiger charge is 2.21. The van der Waals surface area contributed by atoms with Crippen molar-refractivity contribution in [3.63, 3.8) is 0 Å². The van der Waals surface area contributed by atoms with Gasteiger partial charge < -0.3 is 5.32 Å². The van der Waals surface area contributed by atoms with Crippen molar-refractivity contribution in [2.24, 2.45) is 0 Å². The first-order valence-corrected chi connectivity index (χ1v) is 4.76. The SMILES string of the molecule is CNC(=O)C(C)N1CCC=C(C)C1. The summed E-state index contributed by atoms with van der Waals surface area (Å²) in [6.45, 7) is 5.99. The molecule has 0 bridgehead atoms. The van der Waals surface area contributed by atoms with E-state index in [2.05, 4.69) is 23.2 Å². The number of carbonyl (C=O) groups is 1. The van der Waals surface area contributed by atoms with Gasteiger partial charge in [-0.3, -0.25) is 9.69 Å². The third kappa shape index (κ3) is 2.56. The van der Waals surface area contributed by atoms with Gasteiger partial charge in [0.2, 0.25) is 5.91 Å². The summed E-state index contributed by atoms with van der Waals surface area (Å²) >= 11 is 0. The van der Waals surface area contributed by atoms with Crippen LogP contribution in [0.25, 0.3) is 0 Å². The Morgan fingerprint density at radius 1 is 1.69 bits per heavy atom. The quantitative estimate of drug-likeness (QED) is 0.640. The van der Waals surface area contributed by atoms with Crippen LogP contribution >= 0.6 is 0 Å². The lowest BCUT2D eigenvalue weighted by Crippen LogP contribution is -2.46. The lowest BCUT2D eigenvalue weighted by Gasteiger charge is -2.30. The Morgan fingerprint density at radius 3 is 2.92 bits per heavy atom. The first-order chi connectivity index (χ1) is 6.15. The highest BCUT2D eigenvalue weighted by Crippen LogP contribution is 2.11. The molecule has 1 N–H and O–H groups in total. The smallest absolute Gasteiger partial charge is 0.236 e. The van der Waals surface area contributed by atoms with Gasteiger partial charge in [-0.25, -0.2) is 0 Å². The summed E-state index contributed by atoms with van der Waals surface area (Å²) in [7, 11) is 1.69. The van der Waals surface area contributed by atoms with E-state index in [-0.39, 0.29) is 11.9 Å². The lowest BCUT2D eigenvalue weighted by molar-refractivity contribution is -0.125. The molecule has 0 aromatic heterocycles. The van der Waals surface area contributed by atoms with Gasteiger partial charge in [-0.1, -0.05) is 11.6 Å². The molecule has 3 nitrogen and oxygen atoms in total. The van der Waals surface area contributed by atoms with Crippen LogP contribution in [0.4, 0.5) is 0 Å². The van der Waals surface area contributed by atoms with Crippen molar-refractivity contribution in [1.29, 1.82) is 0 Å². The van der Waals surface area contributed by atoms with Crippen LogP contribution in [-0.4, -0.2) is 37.0 Å². The fraction of sp³-hybridized carbons (Fsp3) is 0.700. The second-order valence-corrected chi connectivity index (χ2v) is 3.60. The molecule has 1 aliphatic heterocycles. The highest BCUT2D eigenvalue weighted by molar-refractivity contribution is 5.81. The Labute approximate surface area is 79.8 Å². The van der Waals surface area contributed by atoms with Crippen molar-refractivity contribution in [2.75, 3.05) is 20.1 Å². The molecular formula is C10H18N2O. The number of amides is 1. The molecule has 3 heteroatoms. The summed E-state index contributed by atoms with van der Waals surface area (Å²) in [5.41, 5.74) is 1.36. The van der Waals surface area contributed by atoms with E-state index in [0.29, 0.717) is 0 Å². The predicted molar refractivity (Wildman–Crippen MR) is 53.5 cm³/mol. The average Bonchev–Trinajstić information content (AvgIpc) is 2.15. The third-order valence-corrected chi connectivity index (χ3v) is 2.54. The van der Waals surface area contributed by atoms with Crippen LogP contribution in [0.15, 0.2) is 11.6 Å². The van der Waals surface area contributed by atoms with Gasteiger partial charge in [0.15, 0.2) is 0 Å². The van der Waals surface area contributed by atoms with E-state index >= 15 is 0 Å². The highest BCUT2D eigenvalue weighted by atomic mass is 16.2. The minimum Gasteiger partial charge on any atom is -0.358 e. The largest absolute Gasteiger partial charge is 0.358 e. The fourth-order valence-electron chi connectivity index (χ4n) is 1.65. The maximum atomic E-state index is 11.3. The molecule has 0 fully saturated rings. The summed E-state index contributed by atoms with van der Waals surface area (Å²) in [5, 5.41) is 2.68. The molecule has 0 spiro atoms. The molecule has 1 unspecified atom stereocenters. The zero-order chi connectivity index (χ0) is 9.84. The van der Waals surface area contributed by atoms with E-state index in [1.54, 1.807) is 7.05 Å². The number of nitrogens with zero attached hydrogens (tertiary/aromatic N) is 1. The molecule has 1 amide bonds. The minimum atomic E-state index is -0.00588. The molecule has 0 aromatic rings. The van der Waals surface area contributed by atoms with Crippen LogP contribution in [0.3, 0.4) is 0 Å². The molecule has 1 aliphatic rings. The van der Waals surface area contributed by atoms with E-state index in [9.17, 15) is 4.79 Å². The number of nitrogens with one attached hydrogen (secondary N) is 1. The number of hydrogen-bond acceptors (Lipinski definition) is 2. The molecule has 1 heterocycles. The number of likely N-dealkylation sites (N-methyl/N-ethyl adjacent to an activating group) is 1. The topological polar surface area (TPSA) is 32.3 Å². The molecule has 0 radical (unpaired) electrons. The molecule has 74 valence electrons. The van der Waals surface area contributed by atoms with Gasteiger partial charge >= 0.3 is 0 Å². The maximum Gasteiger partial charge on any atom is 0.236 e. The van der Waals surface area contributed by atoms with Gasteiger partial charge in [-0.15, -0.1) is 0 Å². The van der Waals surface area contributed by atoms with Crippen molar-refractivity contribution < 1.29 is 4.79 Å². The predicted octanol–water partition coefficient (Wildman–Crippen LogP) is 0.773. The van der Waals surface area contributed by atoms with E-state index in [0.717, 1.165) is 19.5 Å². The van der Waals surface area contributed by atoms with Crippen LogP contribution in [0.5, 0.6) is 0 Å². The first kappa shape index (κ1) is 10.3. The lowest BCUT2D eigenvalue weighted by atomic mass is 10.1. The Hall–Kier alpha value is -0.830. The molecule has 0 saturated heterocycles. The maximum absolute atomic E-state index is 11.3. The molecule has 0 aliphatic carbocycles. The summed E-state index contributed by atoms with van der Waals surface area (Å²) in [6, 6.07) is -0.00588. The second-order valence-electron chi connectivity index (χ2n) is 3.60. The summed E-state index contributed by atoms with van der Waals surface area (Å²) in [5.74, 6) is 0.106. The number of carbonyl (C=O) groups excluding carboxylic acids is 1. The van der Waals surface area contributed by atoms with Crippen molar-refractivity contribution >= 4 is 5.91 Å². The van der Waals surface area contributed by atoms with Crippen molar-refractivity contribution in [3.8, 4) is 0 Å². The average molecular weight is 182 g/mol. The van der Waals surface area contributed by atoms with Crippen LogP contribution in [0, 0.1) is 0 Å². The summed E-state index contributed by atoms with van der Waals surface area (Å²) < 4.78 is 0. The van der Waals surface area contributed by atoms with Gasteiger partial charge in [0.25, 0.3) is 0 Å². The number of rotatable bonds is 2. The Kier molecular flexibility index (Phi) is 3.48.